The Morgan fingerprint density at radius 2 is 2.24 bits per heavy atom. The van der Waals surface area contributed by atoms with E-state index in [1.54, 1.807) is 16.8 Å². The monoisotopic (exact) mass is 325 g/mol. The summed E-state index contributed by atoms with van der Waals surface area (Å²) in [4.78, 5) is 4.45. The van der Waals surface area contributed by atoms with Crippen molar-refractivity contribution in [2.24, 2.45) is 5.92 Å². The fourth-order valence-corrected chi connectivity index (χ4v) is 3.57. The average Bonchev–Trinajstić information content (AvgIpc) is 3.18. The Kier molecular flexibility index (Phi) is 4.50. The number of thioether (sulfide) groups is 1. The van der Waals surface area contributed by atoms with E-state index in [0.717, 1.165) is 17.5 Å². The fourth-order valence-electron chi connectivity index (χ4n) is 2.17. The summed E-state index contributed by atoms with van der Waals surface area (Å²) in [6.45, 7) is 2.18. The summed E-state index contributed by atoms with van der Waals surface area (Å²) in [5.74, 6) is 4.16. The van der Waals surface area contributed by atoms with Crippen molar-refractivity contribution in [2.75, 3.05) is 5.75 Å². The number of aryl methyl sites for hydroxylation is 1. The van der Waals surface area contributed by atoms with Gasteiger partial charge in [0, 0.05) is 10.6 Å². The summed E-state index contributed by atoms with van der Waals surface area (Å²) in [7, 11) is 0. The van der Waals surface area contributed by atoms with Gasteiger partial charge < -0.3 is 0 Å². The molecule has 3 rings (SSSR count). The van der Waals surface area contributed by atoms with Gasteiger partial charge in [0.15, 0.2) is 0 Å². The molecule has 0 saturated heterocycles. The Morgan fingerprint density at radius 1 is 1.43 bits per heavy atom. The molecule has 0 atom stereocenters. The van der Waals surface area contributed by atoms with Crippen LogP contribution in [0.5, 0.6) is 0 Å². The Morgan fingerprint density at radius 3 is 2.95 bits per heavy atom. The standard InChI is InChI=1S/C15H17ClFN3S/c1-10-18-15(9-21-8-11-5-6-11)20(19-10)7-12-13(16)3-2-4-14(12)17/h2-4,11H,5-9H2,1H3. The van der Waals surface area contributed by atoms with Crippen molar-refractivity contribution in [2.45, 2.75) is 32.1 Å². The Labute approximate surface area is 132 Å². The fraction of sp³-hybridized carbons (Fsp3) is 0.467. The van der Waals surface area contributed by atoms with Gasteiger partial charge in [-0.2, -0.15) is 16.9 Å². The molecule has 21 heavy (non-hydrogen) atoms. The number of halogens is 2. The van der Waals surface area contributed by atoms with Crippen molar-refractivity contribution < 1.29 is 4.39 Å². The van der Waals surface area contributed by atoms with Crippen molar-refractivity contribution in [3.8, 4) is 0 Å². The lowest BCUT2D eigenvalue weighted by Crippen LogP contribution is -2.08. The van der Waals surface area contributed by atoms with Gasteiger partial charge in [-0.25, -0.2) is 14.1 Å². The van der Waals surface area contributed by atoms with Crippen LogP contribution < -0.4 is 0 Å². The van der Waals surface area contributed by atoms with Gasteiger partial charge in [0.1, 0.15) is 17.5 Å². The highest BCUT2D eigenvalue weighted by Crippen LogP contribution is 2.33. The number of benzene rings is 1. The highest BCUT2D eigenvalue weighted by Gasteiger charge is 2.21. The molecule has 0 unspecified atom stereocenters. The van der Waals surface area contributed by atoms with Crippen LogP contribution in [0.1, 0.15) is 30.1 Å². The molecule has 1 aromatic heterocycles. The first-order valence-corrected chi connectivity index (χ1v) is 8.57. The minimum Gasteiger partial charge on any atom is -0.244 e. The molecule has 1 aliphatic rings. The summed E-state index contributed by atoms with van der Waals surface area (Å²) in [5.41, 5.74) is 0.470. The van der Waals surface area contributed by atoms with Crippen LogP contribution in [0.4, 0.5) is 4.39 Å². The third-order valence-electron chi connectivity index (χ3n) is 3.51. The van der Waals surface area contributed by atoms with Crippen LogP contribution in [0.3, 0.4) is 0 Å². The van der Waals surface area contributed by atoms with E-state index in [1.165, 1.54) is 24.7 Å². The normalized spacial score (nSPS) is 14.6. The molecular formula is C15H17ClFN3S. The van der Waals surface area contributed by atoms with E-state index in [1.807, 2.05) is 18.7 Å². The zero-order chi connectivity index (χ0) is 14.8. The quantitative estimate of drug-likeness (QED) is 0.802. The molecule has 1 heterocycles. The van der Waals surface area contributed by atoms with E-state index in [2.05, 4.69) is 10.1 Å². The molecule has 2 aromatic rings. The van der Waals surface area contributed by atoms with Crippen molar-refractivity contribution in [3.63, 3.8) is 0 Å². The van der Waals surface area contributed by atoms with Crippen molar-refractivity contribution in [1.82, 2.24) is 14.8 Å². The van der Waals surface area contributed by atoms with Gasteiger partial charge in [-0.05, 0) is 43.6 Å². The van der Waals surface area contributed by atoms with Crippen LogP contribution in [0.2, 0.25) is 5.02 Å². The van der Waals surface area contributed by atoms with Gasteiger partial charge in [-0.3, -0.25) is 0 Å². The summed E-state index contributed by atoms with van der Waals surface area (Å²) in [5, 5.41) is 4.80. The molecule has 0 bridgehead atoms. The summed E-state index contributed by atoms with van der Waals surface area (Å²) in [6, 6.07) is 4.73. The second-order valence-electron chi connectivity index (χ2n) is 5.39. The van der Waals surface area contributed by atoms with Gasteiger partial charge in [0.25, 0.3) is 0 Å². The first-order valence-electron chi connectivity index (χ1n) is 7.04. The molecule has 0 aliphatic heterocycles. The smallest absolute Gasteiger partial charge is 0.147 e. The van der Waals surface area contributed by atoms with Crippen LogP contribution in [0, 0.1) is 18.7 Å². The van der Waals surface area contributed by atoms with E-state index >= 15 is 0 Å². The van der Waals surface area contributed by atoms with E-state index in [-0.39, 0.29) is 5.82 Å². The maximum atomic E-state index is 13.9. The number of hydrogen-bond acceptors (Lipinski definition) is 3. The maximum Gasteiger partial charge on any atom is 0.147 e. The molecule has 0 N–H and O–H groups in total. The van der Waals surface area contributed by atoms with Gasteiger partial charge in [-0.1, -0.05) is 17.7 Å². The number of rotatable bonds is 6. The summed E-state index contributed by atoms with van der Waals surface area (Å²) >= 11 is 7.96. The second kappa shape index (κ2) is 6.36. The van der Waals surface area contributed by atoms with Crippen LogP contribution in [-0.2, 0) is 12.3 Å². The first-order chi connectivity index (χ1) is 10.1. The van der Waals surface area contributed by atoms with Gasteiger partial charge in [0.2, 0.25) is 0 Å². The van der Waals surface area contributed by atoms with Gasteiger partial charge in [0.05, 0.1) is 12.3 Å². The lowest BCUT2D eigenvalue weighted by Gasteiger charge is -2.08. The second-order valence-corrected chi connectivity index (χ2v) is 6.83. The molecule has 3 nitrogen and oxygen atoms in total. The molecule has 0 radical (unpaired) electrons. The molecule has 1 aromatic carbocycles. The molecule has 1 fully saturated rings. The topological polar surface area (TPSA) is 30.7 Å². The maximum absolute atomic E-state index is 13.9. The molecule has 0 spiro atoms. The third kappa shape index (κ3) is 3.77. The first kappa shape index (κ1) is 14.9. The van der Waals surface area contributed by atoms with Crippen molar-refractivity contribution in [1.29, 1.82) is 0 Å². The minimum absolute atomic E-state index is 0.299. The van der Waals surface area contributed by atoms with Crippen LogP contribution in [0.15, 0.2) is 18.2 Å². The SMILES string of the molecule is Cc1nc(CSCC2CC2)n(Cc2c(F)cccc2Cl)n1. The van der Waals surface area contributed by atoms with Gasteiger partial charge >= 0.3 is 0 Å². The Balaban J connectivity index is 1.74. The van der Waals surface area contributed by atoms with E-state index in [0.29, 0.717) is 23.0 Å². The van der Waals surface area contributed by atoms with Crippen LogP contribution in [-0.4, -0.2) is 20.5 Å². The van der Waals surface area contributed by atoms with Crippen LogP contribution >= 0.6 is 23.4 Å². The van der Waals surface area contributed by atoms with Crippen LogP contribution in [0.25, 0.3) is 0 Å². The molecule has 112 valence electrons. The summed E-state index contributed by atoms with van der Waals surface area (Å²) < 4.78 is 15.7. The highest BCUT2D eigenvalue weighted by molar-refractivity contribution is 7.98. The largest absolute Gasteiger partial charge is 0.244 e. The lowest BCUT2D eigenvalue weighted by molar-refractivity contribution is 0.577. The van der Waals surface area contributed by atoms with E-state index in [9.17, 15) is 4.39 Å². The number of hydrogen-bond donors (Lipinski definition) is 0. The predicted octanol–water partition coefficient (Wildman–Crippen LogP) is 4.07. The molecule has 6 heteroatoms. The third-order valence-corrected chi connectivity index (χ3v) is 5.03. The minimum atomic E-state index is -0.299. The Bertz CT molecular complexity index is 620. The molecule has 1 saturated carbocycles. The molecule has 0 amide bonds. The predicted molar refractivity (Wildman–Crippen MR) is 84.2 cm³/mol. The number of nitrogens with zero attached hydrogens (tertiary/aromatic N) is 3. The van der Waals surface area contributed by atoms with E-state index < -0.39 is 0 Å². The molecule has 1 aliphatic carbocycles. The van der Waals surface area contributed by atoms with Crippen molar-refractivity contribution in [3.05, 3.63) is 46.3 Å². The Hall–Kier alpha value is -1.07. The zero-order valence-electron chi connectivity index (χ0n) is 11.9. The highest BCUT2D eigenvalue weighted by atomic mass is 35.5. The average molecular weight is 326 g/mol. The number of aromatic nitrogens is 3. The lowest BCUT2D eigenvalue weighted by atomic mass is 10.2. The van der Waals surface area contributed by atoms with Gasteiger partial charge in [-0.15, -0.1) is 0 Å². The summed E-state index contributed by atoms with van der Waals surface area (Å²) in [6.07, 6.45) is 2.70. The van der Waals surface area contributed by atoms with E-state index in [4.69, 9.17) is 11.6 Å². The zero-order valence-corrected chi connectivity index (χ0v) is 13.4. The molecular weight excluding hydrogens is 309 g/mol. The van der Waals surface area contributed by atoms with Crippen molar-refractivity contribution >= 4 is 23.4 Å².